The zero-order valence-corrected chi connectivity index (χ0v) is 8.39. The van der Waals surface area contributed by atoms with Crippen molar-refractivity contribution in [2.45, 2.75) is 0 Å². The van der Waals surface area contributed by atoms with Gasteiger partial charge in [0.1, 0.15) is 4.34 Å². The fourth-order valence-electron chi connectivity index (χ4n) is 1.28. The van der Waals surface area contributed by atoms with Gasteiger partial charge < -0.3 is 10.2 Å². The number of carbonyl (C=O) groups is 1. The molecule has 1 heterocycles. The summed E-state index contributed by atoms with van der Waals surface area (Å²) in [6, 6.07) is 4.78. The lowest BCUT2D eigenvalue weighted by atomic mass is 10.1. The van der Waals surface area contributed by atoms with E-state index >= 15 is 0 Å². The minimum atomic E-state index is -1.07. The lowest BCUT2D eigenvalue weighted by Gasteiger charge is -1.96. The Labute approximate surface area is 88.2 Å². The molecule has 72 valence electrons. The molecule has 1 aromatic carbocycles. The molecule has 0 aliphatic carbocycles. The van der Waals surface area contributed by atoms with Crippen LogP contribution in [-0.2, 0) is 0 Å². The third-order valence-corrected chi connectivity index (χ3v) is 3.22. The van der Waals surface area contributed by atoms with Gasteiger partial charge >= 0.3 is 5.97 Å². The van der Waals surface area contributed by atoms with E-state index in [2.05, 4.69) is 0 Å². The number of benzene rings is 1. The number of halogens is 1. The van der Waals surface area contributed by atoms with E-state index in [9.17, 15) is 9.90 Å². The minimum Gasteiger partial charge on any atom is -0.505 e. The highest BCUT2D eigenvalue weighted by molar-refractivity contribution is 7.23. The van der Waals surface area contributed by atoms with Crippen LogP contribution in [-0.4, -0.2) is 16.2 Å². The smallest absolute Gasteiger partial charge is 0.336 e. The molecule has 0 bridgehead atoms. The topological polar surface area (TPSA) is 57.5 Å². The van der Waals surface area contributed by atoms with E-state index in [1.54, 1.807) is 12.1 Å². The first kappa shape index (κ1) is 9.30. The van der Waals surface area contributed by atoms with Crippen molar-refractivity contribution in [3.63, 3.8) is 0 Å². The Bertz CT molecular complexity index is 518. The summed E-state index contributed by atoms with van der Waals surface area (Å²) in [5, 5.41) is 18.7. The number of aromatic carboxylic acids is 1. The van der Waals surface area contributed by atoms with Gasteiger partial charge in [0.2, 0.25) is 0 Å². The summed E-state index contributed by atoms with van der Waals surface area (Å²) in [4.78, 5) is 10.8. The quantitative estimate of drug-likeness (QED) is 0.789. The number of hydrogen-bond acceptors (Lipinski definition) is 3. The summed E-state index contributed by atoms with van der Waals surface area (Å²) in [6.07, 6.45) is 0. The molecular formula is C9H5ClO3S. The predicted molar refractivity (Wildman–Crippen MR) is 55.5 cm³/mol. The molecule has 0 aliphatic rings. The number of carboxylic acid groups (broad SMARTS) is 1. The van der Waals surface area contributed by atoms with Crippen LogP contribution >= 0.6 is 22.9 Å². The van der Waals surface area contributed by atoms with Crippen LogP contribution in [0.5, 0.6) is 5.75 Å². The zero-order chi connectivity index (χ0) is 10.3. The van der Waals surface area contributed by atoms with Gasteiger partial charge in [-0.15, -0.1) is 11.3 Å². The van der Waals surface area contributed by atoms with Crippen LogP contribution in [0.4, 0.5) is 0 Å². The van der Waals surface area contributed by atoms with Crippen molar-refractivity contribution < 1.29 is 15.0 Å². The Morgan fingerprint density at radius 3 is 2.79 bits per heavy atom. The predicted octanol–water partition coefficient (Wildman–Crippen LogP) is 2.96. The molecule has 0 spiro atoms. The number of aromatic hydroxyl groups is 1. The van der Waals surface area contributed by atoms with E-state index in [0.717, 1.165) is 11.3 Å². The standard InChI is InChI=1S/C9H5ClO3S/c10-8-7(11)6-4(9(12)13)2-1-3-5(6)14-8/h1-3,11H,(H,12,13). The Hall–Kier alpha value is -1.26. The highest BCUT2D eigenvalue weighted by Crippen LogP contribution is 2.41. The molecule has 3 nitrogen and oxygen atoms in total. The average molecular weight is 229 g/mol. The SMILES string of the molecule is O=C(O)c1cccc2sc(Cl)c(O)c12. The van der Waals surface area contributed by atoms with Crippen LogP contribution in [0, 0.1) is 0 Å². The molecule has 0 saturated heterocycles. The normalized spacial score (nSPS) is 10.6. The highest BCUT2D eigenvalue weighted by Gasteiger charge is 2.16. The molecule has 14 heavy (non-hydrogen) atoms. The van der Waals surface area contributed by atoms with Gasteiger partial charge in [-0.1, -0.05) is 17.7 Å². The van der Waals surface area contributed by atoms with E-state index in [4.69, 9.17) is 16.7 Å². The first-order chi connectivity index (χ1) is 6.61. The van der Waals surface area contributed by atoms with Gasteiger partial charge in [0.25, 0.3) is 0 Å². The summed E-state index contributed by atoms with van der Waals surface area (Å²) in [5.41, 5.74) is 0.0724. The number of fused-ring (bicyclic) bond motifs is 1. The number of hydrogen-bond donors (Lipinski definition) is 2. The third-order valence-electron chi connectivity index (χ3n) is 1.88. The molecule has 0 unspecified atom stereocenters. The summed E-state index contributed by atoms with van der Waals surface area (Å²) >= 11 is 6.87. The van der Waals surface area contributed by atoms with E-state index in [1.807, 2.05) is 0 Å². The monoisotopic (exact) mass is 228 g/mol. The molecule has 5 heteroatoms. The van der Waals surface area contributed by atoms with Crippen LogP contribution in [0.3, 0.4) is 0 Å². The van der Waals surface area contributed by atoms with E-state index in [0.29, 0.717) is 10.1 Å². The first-order valence-corrected chi connectivity index (χ1v) is 4.94. The molecule has 0 fully saturated rings. The maximum atomic E-state index is 10.8. The largest absolute Gasteiger partial charge is 0.505 e. The van der Waals surface area contributed by atoms with Crippen molar-refractivity contribution in [1.29, 1.82) is 0 Å². The Balaban J connectivity index is 2.91. The fraction of sp³-hybridized carbons (Fsp3) is 0. The Morgan fingerprint density at radius 1 is 1.43 bits per heavy atom. The van der Waals surface area contributed by atoms with Crippen LogP contribution in [0.1, 0.15) is 10.4 Å². The molecule has 0 aliphatic heterocycles. The van der Waals surface area contributed by atoms with Gasteiger partial charge in [0, 0.05) is 4.70 Å². The maximum Gasteiger partial charge on any atom is 0.336 e. The van der Waals surface area contributed by atoms with Crippen molar-refractivity contribution in [3.8, 4) is 5.75 Å². The lowest BCUT2D eigenvalue weighted by molar-refractivity contribution is 0.0699. The number of carboxylic acids is 1. The van der Waals surface area contributed by atoms with Gasteiger partial charge in [0.15, 0.2) is 5.75 Å². The lowest BCUT2D eigenvalue weighted by Crippen LogP contribution is -1.95. The molecule has 0 radical (unpaired) electrons. The van der Waals surface area contributed by atoms with Crippen molar-refractivity contribution >= 4 is 39.0 Å². The van der Waals surface area contributed by atoms with Gasteiger partial charge in [-0.2, -0.15) is 0 Å². The zero-order valence-electron chi connectivity index (χ0n) is 6.82. The Kier molecular flexibility index (Phi) is 2.09. The summed E-state index contributed by atoms with van der Waals surface area (Å²) < 4.78 is 0.890. The molecule has 0 atom stereocenters. The van der Waals surface area contributed by atoms with Gasteiger partial charge in [-0.25, -0.2) is 4.79 Å². The minimum absolute atomic E-state index is 0.0724. The van der Waals surface area contributed by atoms with Crippen LogP contribution in [0.15, 0.2) is 18.2 Å². The second kappa shape index (κ2) is 3.15. The van der Waals surface area contributed by atoms with Crippen molar-refractivity contribution in [3.05, 3.63) is 28.1 Å². The second-order valence-corrected chi connectivity index (χ2v) is 4.36. The summed E-state index contributed by atoms with van der Waals surface area (Å²) in [5.74, 6) is -1.22. The first-order valence-electron chi connectivity index (χ1n) is 3.74. The Morgan fingerprint density at radius 2 is 2.14 bits per heavy atom. The molecular weight excluding hydrogens is 224 g/mol. The molecule has 2 aromatic rings. The van der Waals surface area contributed by atoms with Gasteiger partial charge in [0.05, 0.1) is 10.9 Å². The maximum absolute atomic E-state index is 10.8. The molecule has 0 saturated carbocycles. The molecule has 2 rings (SSSR count). The van der Waals surface area contributed by atoms with Crippen molar-refractivity contribution in [2.24, 2.45) is 0 Å². The number of rotatable bonds is 1. The highest BCUT2D eigenvalue weighted by atomic mass is 35.5. The third kappa shape index (κ3) is 1.23. The fourth-order valence-corrected chi connectivity index (χ4v) is 2.47. The second-order valence-electron chi connectivity index (χ2n) is 2.71. The number of thiophene rings is 1. The van der Waals surface area contributed by atoms with Crippen LogP contribution < -0.4 is 0 Å². The van der Waals surface area contributed by atoms with E-state index in [1.165, 1.54) is 6.07 Å². The van der Waals surface area contributed by atoms with Gasteiger partial charge in [-0.3, -0.25) is 0 Å². The molecule has 2 N–H and O–H groups in total. The van der Waals surface area contributed by atoms with Crippen molar-refractivity contribution in [1.82, 2.24) is 0 Å². The van der Waals surface area contributed by atoms with Crippen LogP contribution in [0.2, 0.25) is 4.34 Å². The van der Waals surface area contributed by atoms with E-state index < -0.39 is 5.97 Å². The summed E-state index contributed by atoms with van der Waals surface area (Å²) in [7, 11) is 0. The van der Waals surface area contributed by atoms with E-state index in [-0.39, 0.29) is 15.6 Å². The molecule has 0 amide bonds. The average Bonchev–Trinajstić information content (AvgIpc) is 2.43. The molecule has 1 aromatic heterocycles. The van der Waals surface area contributed by atoms with Crippen LogP contribution in [0.25, 0.3) is 10.1 Å². The van der Waals surface area contributed by atoms with Gasteiger partial charge in [-0.05, 0) is 12.1 Å². The van der Waals surface area contributed by atoms with Crippen molar-refractivity contribution in [2.75, 3.05) is 0 Å². The summed E-state index contributed by atoms with van der Waals surface area (Å²) in [6.45, 7) is 0.